The number of amides is 1. The minimum Gasteiger partial charge on any atom is -0.462 e. The highest BCUT2D eigenvalue weighted by atomic mass is 16.5. The Morgan fingerprint density at radius 2 is 2.14 bits per heavy atom. The van der Waals surface area contributed by atoms with Gasteiger partial charge in [-0.2, -0.15) is 0 Å². The fourth-order valence-electron chi connectivity index (χ4n) is 1.88. The van der Waals surface area contributed by atoms with Gasteiger partial charge >= 0.3 is 5.97 Å². The summed E-state index contributed by atoms with van der Waals surface area (Å²) in [4.78, 5) is 29.4. The summed E-state index contributed by atoms with van der Waals surface area (Å²) >= 11 is 0. The van der Waals surface area contributed by atoms with Crippen LogP contribution < -0.4 is 16.0 Å². The highest BCUT2D eigenvalue weighted by molar-refractivity contribution is 5.98. The zero-order valence-electron chi connectivity index (χ0n) is 12.7. The van der Waals surface area contributed by atoms with Crippen LogP contribution in [0.4, 0.5) is 11.5 Å². The van der Waals surface area contributed by atoms with Crippen molar-refractivity contribution in [3.8, 4) is 0 Å². The maximum Gasteiger partial charge on any atom is 0.340 e. The van der Waals surface area contributed by atoms with Crippen molar-refractivity contribution in [2.24, 2.45) is 0 Å². The number of rotatable bonds is 7. The molecule has 0 radical (unpaired) electrons. The molecule has 1 aromatic heterocycles. The highest BCUT2D eigenvalue weighted by Crippen LogP contribution is 2.24. The predicted molar refractivity (Wildman–Crippen MR) is 81.2 cm³/mol. The minimum atomic E-state index is -0.491. The number of pyridine rings is 1. The lowest BCUT2D eigenvalue weighted by Gasteiger charge is -2.24. The van der Waals surface area contributed by atoms with Crippen LogP contribution in [0.3, 0.4) is 0 Å². The lowest BCUT2D eigenvalue weighted by atomic mass is 10.2. The number of ether oxygens (including phenoxy) is 1. The number of nitrogen functional groups attached to an aromatic ring is 1. The Kier molecular flexibility index (Phi) is 6.45. The summed E-state index contributed by atoms with van der Waals surface area (Å²) in [5.74, 6) is -0.216. The summed E-state index contributed by atoms with van der Waals surface area (Å²) < 4.78 is 4.96. The number of nitrogens with two attached hydrogens (primary N) is 1. The van der Waals surface area contributed by atoms with Crippen LogP contribution in [-0.4, -0.2) is 43.6 Å². The quantitative estimate of drug-likeness (QED) is 0.722. The molecule has 0 saturated heterocycles. The molecule has 0 atom stereocenters. The SMILES string of the molecule is CCCN(CC(=O)NC)c1nccc(C(=O)OCC)c1N. The van der Waals surface area contributed by atoms with Gasteiger partial charge in [-0.3, -0.25) is 4.79 Å². The topological polar surface area (TPSA) is 97.5 Å². The Morgan fingerprint density at radius 1 is 1.43 bits per heavy atom. The molecule has 1 rings (SSSR count). The van der Waals surface area contributed by atoms with Crippen LogP contribution in [0.5, 0.6) is 0 Å². The Hall–Kier alpha value is -2.31. The van der Waals surface area contributed by atoms with E-state index >= 15 is 0 Å². The van der Waals surface area contributed by atoms with Crippen LogP contribution >= 0.6 is 0 Å². The van der Waals surface area contributed by atoms with E-state index in [0.29, 0.717) is 12.4 Å². The summed E-state index contributed by atoms with van der Waals surface area (Å²) in [5.41, 5.74) is 6.52. The Bertz CT molecular complexity index is 505. The average Bonchev–Trinajstić information content (AvgIpc) is 2.47. The molecule has 0 aliphatic heterocycles. The summed E-state index contributed by atoms with van der Waals surface area (Å²) in [6.45, 7) is 4.73. The van der Waals surface area contributed by atoms with Gasteiger partial charge in [-0.1, -0.05) is 6.92 Å². The van der Waals surface area contributed by atoms with Crippen LogP contribution in [0.25, 0.3) is 0 Å². The maximum absolute atomic E-state index is 11.8. The molecule has 21 heavy (non-hydrogen) atoms. The van der Waals surface area contributed by atoms with Gasteiger partial charge in [-0.05, 0) is 19.4 Å². The molecule has 0 aliphatic rings. The van der Waals surface area contributed by atoms with Gasteiger partial charge in [0.1, 0.15) is 0 Å². The number of carbonyl (C=O) groups excluding carboxylic acids is 2. The number of hydrogen-bond acceptors (Lipinski definition) is 6. The molecule has 0 bridgehead atoms. The van der Waals surface area contributed by atoms with Gasteiger partial charge in [0.15, 0.2) is 5.82 Å². The molecule has 1 aromatic rings. The molecule has 0 aromatic carbocycles. The lowest BCUT2D eigenvalue weighted by molar-refractivity contribution is -0.119. The molecule has 0 unspecified atom stereocenters. The van der Waals surface area contributed by atoms with E-state index in [1.165, 1.54) is 12.3 Å². The van der Waals surface area contributed by atoms with Gasteiger partial charge in [-0.25, -0.2) is 9.78 Å². The third-order valence-electron chi connectivity index (χ3n) is 2.87. The van der Waals surface area contributed by atoms with E-state index < -0.39 is 5.97 Å². The minimum absolute atomic E-state index is 0.133. The number of aromatic nitrogens is 1. The van der Waals surface area contributed by atoms with Gasteiger partial charge < -0.3 is 20.7 Å². The van der Waals surface area contributed by atoms with Gasteiger partial charge in [0.25, 0.3) is 0 Å². The first-order valence-corrected chi connectivity index (χ1v) is 6.92. The maximum atomic E-state index is 11.8. The first-order valence-electron chi connectivity index (χ1n) is 6.92. The van der Waals surface area contributed by atoms with E-state index in [0.717, 1.165) is 6.42 Å². The number of nitrogens with one attached hydrogen (secondary N) is 1. The first kappa shape index (κ1) is 16.7. The van der Waals surface area contributed by atoms with E-state index in [4.69, 9.17) is 10.5 Å². The summed E-state index contributed by atoms with van der Waals surface area (Å²) in [5, 5.41) is 2.56. The fourth-order valence-corrected chi connectivity index (χ4v) is 1.88. The third-order valence-corrected chi connectivity index (χ3v) is 2.87. The number of hydrogen-bond donors (Lipinski definition) is 2. The number of nitrogens with zero attached hydrogens (tertiary/aromatic N) is 2. The number of anilines is 2. The first-order chi connectivity index (χ1) is 10.0. The van der Waals surface area contributed by atoms with Crippen LogP contribution in [0.2, 0.25) is 0 Å². The van der Waals surface area contributed by atoms with Crippen molar-refractivity contribution < 1.29 is 14.3 Å². The lowest BCUT2D eigenvalue weighted by Crippen LogP contribution is -2.37. The Labute approximate surface area is 124 Å². The molecule has 0 aliphatic carbocycles. The molecule has 0 spiro atoms. The smallest absolute Gasteiger partial charge is 0.340 e. The van der Waals surface area contributed by atoms with Crippen molar-refractivity contribution in [2.75, 3.05) is 37.4 Å². The molecule has 1 heterocycles. The number of esters is 1. The Morgan fingerprint density at radius 3 is 2.71 bits per heavy atom. The van der Waals surface area contributed by atoms with Crippen molar-refractivity contribution in [3.05, 3.63) is 17.8 Å². The monoisotopic (exact) mass is 294 g/mol. The standard InChI is InChI=1S/C14H22N4O3/c1-4-8-18(9-11(19)16-3)13-12(15)10(6-7-17-13)14(20)21-5-2/h6-7H,4-5,8-9,15H2,1-3H3,(H,16,19). The summed E-state index contributed by atoms with van der Waals surface area (Å²) in [6.07, 6.45) is 2.31. The summed E-state index contributed by atoms with van der Waals surface area (Å²) in [7, 11) is 1.57. The summed E-state index contributed by atoms with van der Waals surface area (Å²) in [6, 6.07) is 1.51. The molecule has 7 nitrogen and oxygen atoms in total. The fraction of sp³-hybridized carbons (Fsp3) is 0.500. The third kappa shape index (κ3) is 4.34. The van der Waals surface area contributed by atoms with Crippen molar-refractivity contribution in [3.63, 3.8) is 0 Å². The van der Waals surface area contributed by atoms with Crippen LogP contribution in [0.15, 0.2) is 12.3 Å². The van der Waals surface area contributed by atoms with Crippen LogP contribution in [0, 0.1) is 0 Å². The number of carbonyl (C=O) groups is 2. The van der Waals surface area contributed by atoms with Gasteiger partial charge in [0, 0.05) is 19.8 Å². The van der Waals surface area contributed by atoms with E-state index in [9.17, 15) is 9.59 Å². The number of likely N-dealkylation sites (N-methyl/N-ethyl adjacent to an activating group) is 1. The normalized spacial score (nSPS) is 10.0. The average molecular weight is 294 g/mol. The van der Waals surface area contributed by atoms with E-state index in [-0.39, 0.29) is 30.3 Å². The molecular formula is C14H22N4O3. The van der Waals surface area contributed by atoms with Crippen molar-refractivity contribution in [1.29, 1.82) is 0 Å². The molecular weight excluding hydrogens is 272 g/mol. The molecule has 116 valence electrons. The second-order valence-electron chi connectivity index (χ2n) is 4.41. The van der Waals surface area contributed by atoms with Gasteiger partial charge in [0.2, 0.25) is 5.91 Å². The molecule has 3 N–H and O–H groups in total. The predicted octanol–water partition coefficient (Wildman–Crippen LogP) is 0.803. The van der Waals surface area contributed by atoms with Gasteiger partial charge in [-0.15, -0.1) is 0 Å². The second-order valence-corrected chi connectivity index (χ2v) is 4.41. The van der Waals surface area contributed by atoms with Crippen LogP contribution in [0.1, 0.15) is 30.6 Å². The zero-order valence-corrected chi connectivity index (χ0v) is 12.7. The van der Waals surface area contributed by atoms with Crippen LogP contribution in [-0.2, 0) is 9.53 Å². The van der Waals surface area contributed by atoms with Crippen molar-refractivity contribution in [1.82, 2.24) is 10.3 Å². The highest BCUT2D eigenvalue weighted by Gasteiger charge is 2.19. The van der Waals surface area contributed by atoms with E-state index in [2.05, 4.69) is 10.3 Å². The zero-order chi connectivity index (χ0) is 15.8. The van der Waals surface area contributed by atoms with E-state index in [1.807, 2.05) is 6.92 Å². The molecule has 1 amide bonds. The van der Waals surface area contributed by atoms with E-state index in [1.54, 1.807) is 18.9 Å². The molecule has 0 saturated carbocycles. The van der Waals surface area contributed by atoms with Gasteiger partial charge in [0.05, 0.1) is 24.4 Å². The van der Waals surface area contributed by atoms with Crippen molar-refractivity contribution >= 4 is 23.4 Å². The molecule has 7 heteroatoms. The Balaban J connectivity index is 3.11. The largest absolute Gasteiger partial charge is 0.462 e. The van der Waals surface area contributed by atoms with Crippen molar-refractivity contribution in [2.45, 2.75) is 20.3 Å². The second kappa shape index (κ2) is 8.08. The molecule has 0 fully saturated rings.